The van der Waals surface area contributed by atoms with E-state index in [0.29, 0.717) is 12.2 Å². The fraction of sp³-hybridized carbons (Fsp3) is 0.240. The number of sulfonamides is 1. The first kappa shape index (κ1) is 22.6. The normalized spacial score (nSPS) is 11.2. The molecule has 162 valence electrons. The van der Waals surface area contributed by atoms with E-state index in [-0.39, 0.29) is 17.3 Å². The standard InChI is InChI=1S/C25H28N2O3S/c1-20-15-16-21(2)24(18-20)27(31(29,30)23-13-7-4-8-14-23)19-25(28)26-17-9-12-22-10-5-3-6-11-22/h3-8,10-11,13-16,18H,9,12,17,19H2,1-2H3,(H,26,28). The van der Waals surface area contributed by atoms with E-state index in [0.717, 1.165) is 24.0 Å². The molecule has 6 heteroatoms. The van der Waals surface area contributed by atoms with Crippen LogP contribution in [0.3, 0.4) is 0 Å². The van der Waals surface area contributed by atoms with E-state index in [2.05, 4.69) is 17.4 Å². The third-order valence-electron chi connectivity index (χ3n) is 5.06. The first-order valence-corrected chi connectivity index (χ1v) is 11.8. The number of rotatable bonds is 9. The van der Waals surface area contributed by atoms with E-state index >= 15 is 0 Å². The van der Waals surface area contributed by atoms with Gasteiger partial charge in [-0.2, -0.15) is 0 Å². The summed E-state index contributed by atoms with van der Waals surface area (Å²) in [7, 11) is -3.89. The molecule has 0 saturated heterocycles. The van der Waals surface area contributed by atoms with Gasteiger partial charge < -0.3 is 5.32 Å². The molecular weight excluding hydrogens is 408 g/mol. The van der Waals surface area contributed by atoms with Gasteiger partial charge in [0.25, 0.3) is 10.0 Å². The largest absolute Gasteiger partial charge is 0.355 e. The fourth-order valence-electron chi connectivity index (χ4n) is 3.36. The summed E-state index contributed by atoms with van der Waals surface area (Å²) in [6.45, 7) is 3.96. The predicted octanol–water partition coefficient (Wildman–Crippen LogP) is 4.25. The quantitative estimate of drug-likeness (QED) is 0.510. The van der Waals surface area contributed by atoms with Crippen molar-refractivity contribution in [1.82, 2.24) is 5.32 Å². The van der Waals surface area contributed by atoms with Crippen LogP contribution in [0, 0.1) is 13.8 Å². The maximum absolute atomic E-state index is 13.4. The Morgan fingerprint density at radius 1 is 0.903 bits per heavy atom. The highest BCUT2D eigenvalue weighted by Crippen LogP contribution is 2.27. The molecule has 1 N–H and O–H groups in total. The Morgan fingerprint density at radius 3 is 2.23 bits per heavy atom. The highest BCUT2D eigenvalue weighted by atomic mass is 32.2. The van der Waals surface area contributed by atoms with Crippen molar-refractivity contribution in [3.05, 3.63) is 95.6 Å². The number of hydrogen-bond donors (Lipinski definition) is 1. The number of benzene rings is 3. The Balaban J connectivity index is 1.75. The average molecular weight is 437 g/mol. The number of carbonyl (C=O) groups excluding carboxylic acids is 1. The van der Waals surface area contributed by atoms with Crippen molar-refractivity contribution in [2.45, 2.75) is 31.6 Å². The molecule has 3 rings (SSSR count). The molecule has 0 heterocycles. The van der Waals surface area contributed by atoms with Crippen LogP contribution in [0.15, 0.2) is 83.8 Å². The van der Waals surface area contributed by atoms with E-state index in [1.54, 1.807) is 36.4 Å². The zero-order valence-corrected chi connectivity index (χ0v) is 18.7. The van der Waals surface area contributed by atoms with Gasteiger partial charge in [-0.15, -0.1) is 0 Å². The van der Waals surface area contributed by atoms with Crippen LogP contribution in [0.25, 0.3) is 0 Å². The van der Waals surface area contributed by atoms with Crippen LogP contribution in [0.2, 0.25) is 0 Å². The van der Waals surface area contributed by atoms with Gasteiger partial charge in [-0.25, -0.2) is 8.42 Å². The molecule has 31 heavy (non-hydrogen) atoms. The zero-order chi connectivity index (χ0) is 22.3. The molecule has 0 aromatic heterocycles. The molecule has 3 aromatic rings. The first-order chi connectivity index (χ1) is 14.9. The molecule has 0 aliphatic carbocycles. The fourth-order valence-corrected chi connectivity index (χ4v) is 4.86. The van der Waals surface area contributed by atoms with Crippen molar-refractivity contribution in [2.24, 2.45) is 0 Å². The third kappa shape index (κ3) is 5.95. The van der Waals surface area contributed by atoms with E-state index < -0.39 is 10.0 Å². The minimum atomic E-state index is -3.89. The second-order valence-electron chi connectivity index (χ2n) is 7.55. The summed E-state index contributed by atoms with van der Waals surface area (Å²) in [5.41, 5.74) is 3.45. The van der Waals surface area contributed by atoms with Crippen molar-refractivity contribution in [3.63, 3.8) is 0 Å². The summed E-state index contributed by atoms with van der Waals surface area (Å²) in [6, 6.07) is 23.9. The van der Waals surface area contributed by atoms with Crippen molar-refractivity contribution in [3.8, 4) is 0 Å². The van der Waals surface area contributed by atoms with Gasteiger partial charge in [-0.1, -0.05) is 60.7 Å². The van der Waals surface area contributed by atoms with Crippen LogP contribution in [0.1, 0.15) is 23.1 Å². The van der Waals surface area contributed by atoms with Crippen molar-refractivity contribution in [1.29, 1.82) is 0 Å². The molecule has 5 nitrogen and oxygen atoms in total. The lowest BCUT2D eigenvalue weighted by Crippen LogP contribution is -2.41. The maximum Gasteiger partial charge on any atom is 0.264 e. The second-order valence-corrected chi connectivity index (χ2v) is 9.42. The van der Waals surface area contributed by atoms with Crippen LogP contribution in [-0.2, 0) is 21.2 Å². The zero-order valence-electron chi connectivity index (χ0n) is 17.9. The highest BCUT2D eigenvalue weighted by molar-refractivity contribution is 7.92. The van der Waals surface area contributed by atoms with Crippen LogP contribution in [-0.4, -0.2) is 27.4 Å². The summed E-state index contributed by atoms with van der Waals surface area (Å²) < 4.78 is 28.0. The van der Waals surface area contributed by atoms with Gasteiger partial charge >= 0.3 is 0 Å². The summed E-state index contributed by atoms with van der Waals surface area (Å²) in [6.07, 6.45) is 1.63. The lowest BCUT2D eigenvalue weighted by molar-refractivity contribution is -0.119. The number of nitrogens with zero attached hydrogens (tertiary/aromatic N) is 1. The monoisotopic (exact) mass is 436 g/mol. The number of anilines is 1. The third-order valence-corrected chi connectivity index (χ3v) is 6.83. The van der Waals surface area contributed by atoms with E-state index in [4.69, 9.17) is 0 Å². The van der Waals surface area contributed by atoms with Crippen LogP contribution in [0.4, 0.5) is 5.69 Å². The summed E-state index contributed by atoms with van der Waals surface area (Å²) in [5, 5.41) is 2.87. The Hall–Kier alpha value is -3.12. The molecule has 0 bridgehead atoms. The smallest absolute Gasteiger partial charge is 0.264 e. The van der Waals surface area contributed by atoms with Gasteiger partial charge in [-0.3, -0.25) is 9.10 Å². The molecular formula is C25H28N2O3S. The summed E-state index contributed by atoms with van der Waals surface area (Å²) in [5.74, 6) is -0.325. The molecule has 0 saturated carbocycles. The summed E-state index contributed by atoms with van der Waals surface area (Å²) in [4.78, 5) is 12.9. The Bertz CT molecular complexity index is 1110. The number of amides is 1. The van der Waals surface area contributed by atoms with E-state index in [1.165, 1.54) is 9.87 Å². The SMILES string of the molecule is Cc1ccc(C)c(N(CC(=O)NCCCc2ccccc2)S(=O)(=O)c2ccccc2)c1. The molecule has 0 atom stereocenters. The molecule has 0 aliphatic rings. The minimum absolute atomic E-state index is 0.160. The van der Waals surface area contributed by atoms with Crippen LogP contribution >= 0.6 is 0 Å². The Morgan fingerprint density at radius 2 is 1.55 bits per heavy atom. The molecule has 0 unspecified atom stereocenters. The Kier molecular flexibility index (Phi) is 7.47. The van der Waals surface area contributed by atoms with Gasteiger partial charge in [0, 0.05) is 6.54 Å². The predicted molar refractivity (Wildman–Crippen MR) is 125 cm³/mol. The average Bonchev–Trinajstić information content (AvgIpc) is 2.78. The van der Waals surface area contributed by atoms with Crippen LogP contribution in [0.5, 0.6) is 0 Å². The van der Waals surface area contributed by atoms with Crippen LogP contribution < -0.4 is 9.62 Å². The first-order valence-electron chi connectivity index (χ1n) is 10.3. The number of nitrogens with one attached hydrogen (secondary N) is 1. The highest BCUT2D eigenvalue weighted by Gasteiger charge is 2.28. The van der Waals surface area contributed by atoms with Gasteiger partial charge in [0.15, 0.2) is 0 Å². The second kappa shape index (κ2) is 10.3. The van der Waals surface area contributed by atoms with Gasteiger partial charge in [0.05, 0.1) is 10.6 Å². The summed E-state index contributed by atoms with van der Waals surface area (Å²) >= 11 is 0. The topological polar surface area (TPSA) is 66.5 Å². The van der Waals surface area contributed by atoms with E-state index in [9.17, 15) is 13.2 Å². The van der Waals surface area contributed by atoms with Crippen molar-refractivity contribution < 1.29 is 13.2 Å². The number of hydrogen-bond acceptors (Lipinski definition) is 3. The molecule has 0 fully saturated rings. The maximum atomic E-state index is 13.4. The molecule has 0 spiro atoms. The van der Waals surface area contributed by atoms with E-state index in [1.807, 2.05) is 44.2 Å². The molecule has 0 aliphatic heterocycles. The molecule has 0 radical (unpaired) electrons. The molecule has 1 amide bonds. The lowest BCUT2D eigenvalue weighted by Gasteiger charge is -2.26. The van der Waals surface area contributed by atoms with Crippen molar-refractivity contribution in [2.75, 3.05) is 17.4 Å². The molecule has 3 aromatic carbocycles. The number of carbonyl (C=O) groups is 1. The van der Waals surface area contributed by atoms with Gasteiger partial charge in [-0.05, 0) is 61.6 Å². The minimum Gasteiger partial charge on any atom is -0.355 e. The Labute approximate surface area is 184 Å². The lowest BCUT2D eigenvalue weighted by atomic mass is 10.1. The van der Waals surface area contributed by atoms with Gasteiger partial charge in [0.2, 0.25) is 5.91 Å². The van der Waals surface area contributed by atoms with Crippen molar-refractivity contribution >= 4 is 21.6 Å². The number of aryl methyl sites for hydroxylation is 3. The van der Waals surface area contributed by atoms with Gasteiger partial charge in [0.1, 0.15) is 6.54 Å².